The summed E-state index contributed by atoms with van der Waals surface area (Å²) in [5, 5.41) is 4.42. The summed E-state index contributed by atoms with van der Waals surface area (Å²) in [5.41, 5.74) is 3.98. The van der Waals surface area contributed by atoms with Crippen LogP contribution >= 0.6 is 0 Å². The Morgan fingerprint density at radius 2 is 1.71 bits per heavy atom. The van der Waals surface area contributed by atoms with E-state index in [1.54, 1.807) is 12.3 Å². The lowest BCUT2D eigenvalue weighted by atomic mass is 10.0. The van der Waals surface area contributed by atoms with Crippen LogP contribution in [0.4, 0.5) is 0 Å². The molecule has 1 aliphatic heterocycles. The van der Waals surface area contributed by atoms with E-state index in [0.717, 1.165) is 16.7 Å². The second kappa shape index (κ2) is 7.47. The fourth-order valence-corrected chi connectivity index (χ4v) is 5.62. The number of aromatic nitrogens is 3. The van der Waals surface area contributed by atoms with Crippen molar-refractivity contribution in [3.8, 4) is 0 Å². The normalized spacial score (nSPS) is 14.6. The fraction of sp³-hybridized carbons (Fsp3) is 0.217. The van der Waals surface area contributed by atoms with Crippen molar-refractivity contribution >= 4 is 15.7 Å². The molecular formula is C23H22N4O3S. The first kappa shape index (κ1) is 19.7. The summed E-state index contributed by atoms with van der Waals surface area (Å²) < 4.78 is 31.1. The molecule has 31 heavy (non-hydrogen) atoms. The Morgan fingerprint density at radius 3 is 2.52 bits per heavy atom. The summed E-state index contributed by atoms with van der Waals surface area (Å²) >= 11 is 0. The maximum Gasteiger partial charge on any atom is 0.350 e. The summed E-state index contributed by atoms with van der Waals surface area (Å²) in [4.78, 5) is 13.0. The van der Waals surface area contributed by atoms with Crippen LogP contribution in [0.5, 0.6) is 0 Å². The van der Waals surface area contributed by atoms with Gasteiger partial charge in [0, 0.05) is 19.3 Å². The van der Waals surface area contributed by atoms with Gasteiger partial charge < -0.3 is 0 Å². The molecule has 0 bridgehead atoms. The van der Waals surface area contributed by atoms with Crippen LogP contribution in [0.2, 0.25) is 0 Å². The average Bonchev–Trinajstić information content (AvgIpc) is 3.10. The summed E-state index contributed by atoms with van der Waals surface area (Å²) in [7, 11) is -3.82. The van der Waals surface area contributed by atoms with Gasteiger partial charge in [-0.25, -0.2) is 22.3 Å². The van der Waals surface area contributed by atoms with E-state index in [-0.39, 0.29) is 22.8 Å². The molecule has 0 atom stereocenters. The molecule has 5 rings (SSSR count). The highest BCUT2D eigenvalue weighted by atomic mass is 32.2. The molecule has 0 radical (unpaired) electrons. The van der Waals surface area contributed by atoms with Crippen LogP contribution in [0, 0.1) is 6.92 Å². The number of hydrogen-bond donors (Lipinski definition) is 0. The molecule has 0 amide bonds. The highest BCUT2D eigenvalue weighted by Crippen LogP contribution is 2.26. The maximum absolute atomic E-state index is 13.5. The predicted octanol–water partition coefficient (Wildman–Crippen LogP) is 2.60. The predicted molar refractivity (Wildman–Crippen MR) is 117 cm³/mol. The molecule has 0 saturated heterocycles. The quantitative estimate of drug-likeness (QED) is 0.495. The van der Waals surface area contributed by atoms with Crippen molar-refractivity contribution in [3.63, 3.8) is 0 Å². The molecule has 4 aromatic rings. The van der Waals surface area contributed by atoms with Crippen molar-refractivity contribution in [2.45, 2.75) is 31.3 Å². The monoisotopic (exact) mass is 434 g/mol. The van der Waals surface area contributed by atoms with Crippen LogP contribution in [0.1, 0.15) is 22.3 Å². The zero-order valence-electron chi connectivity index (χ0n) is 17.1. The number of rotatable bonds is 4. The number of hydrogen-bond acceptors (Lipinski definition) is 4. The molecule has 158 valence electrons. The van der Waals surface area contributed by atoms with E-state index in [0.29, 0.717) is 19.5 Å². The number of benzene rings is 2. The molecular weight excluding hydrogens is 412 g/mol. The van der Waals surface area contributed by atoms with Gasteiger partial charge in [-0.3, -0.25) is 0 Å². The van der Waals surface area contributed by atoms with Gasteiger partial charge in [-0.1, -0.05) is 48.5 Å². The van der Waals surface area contributed by atoms with Gasteiger partial charge in [0.1, 0.15) is 4.90 Å². The molecule has 8 heteroatoms. The second-order valence-corrected chi connectivity index (χ2v) is 9.70. The van der Waals surface area contributed by atoms with E-state index < -0.39 is 10.0 Å². The van der Waals surface area contributed by atoms with Crippen LogP contribution < -0.4 is 5.69 Å². The topological polar surface area (TPSA) is 76.7 Å². The van der Waals surface area contributed by atoms with Crippen LogP contribution in [0.15, 0.2) is 76.6 Å². The number of aryl methyl sites for hydroxylation is 1. The Morgan fingerprint density at radius 1 is 0.968 bits per heavy atom. The Kier molecular flexibility index (Phi) is 4.75. The minimum atomic E-state index is -3.82. The van der Waals surface area contributed by atoms with Crippen molar-refractivity contribution in [2.75, 3.05) is 6.54 Å². The zero-order valence-corrected chi connectivity index (χ0v) is 17.9. The summed E-state index contributed by atoms with van der Waals surface area (Å²) in [6.45, 7) is 2.96. The SMILES string of the molecule is Cc1ccccc1Cn1nc2c(S(=O)(=O)N3CCc4ccccc4C3)cccn2c1=O. The van der Waals surface area contributed by atoms with Gasteiger partial charge in [0.05, 0.1) is 6.54 Å². The fourth-order valence-electron chi connectivity index (χ4n) is 4.08. The Bertz CT molecular complexity index is 1450. The molecule has 0 fully saturated rings. The minimum absolute atomic E-state index is 0.0509. The standard InChI is InChI=1S/C23H22N4O3S/c1-17-7-2-3-9-19(17)16-27-23(28)26-13-6-11-21(22(26)24-27)31(29,30)25-14-12-18-8-4-5-10-20(18)15-25/h2-11,13H,12,14-16H2,1H3. The van der Waals surface area contributed by atoms with Crippen LogP contribution in [-0.4, -0.2) is 33.4 Å². The van der Waals surface area contributed by atoms with E-state index in [1.165, 1.54) is 25.0 Å². The van der Waals surface area contributed by atoms with Gasteiger partial charge in [-0.05, 0) is 47.7 Å². The molecule has 3 heterocycles. The minimum Gasteiger partial charge on any atom is -0.249 e. The molecule has 0 saturated carbocycles. The van der Waals surface area contributed by atoms with E-state index in [2.05, 4.69) is 5.10 Å². The maximum atomic E-state index is 13.5. The lowest BCUT2D eigenvalue weighted by Gasteiger charge is -2.28. The largest absolute Gasteiger partial charge is 0.350 e. The van der Waals surface area contributed by atoms with E-state index >= 15 is 0 Å². The highest BCUT2D eigenvalue weighted by molar-refractivity contribution is 7.89. The summed E-state index contributed by atoms with van der Waals surface area (Å²) in [6, 6.07) is 18.7. The highest BCUT2D eigenvalue weighted by Gasteiger charge is 2.31. The second-order valence-electron chi connectivity index (χ2n) is 7.79. The first-order chi connectivity index (χ1) is 14.9. The third-order valence-electron chi connectivity index (χ3n) is 5.87. The third kappa shape index (κ3) is 3.37. The van der Waals surface area contributed by atoms with Crippen LogP contribution in [0.25, 0.3) is 5.65 Å². The molecule has 0 unspecified atom stereocenters. The third-order valence-corrected chi connectivity index (χ3v) is 7.73. The number of pyridine rings is 1. The lowest BCUT2D eigenvalue weighted by Crippen LogP contribution is -2.36. The van der Waals surface area contributed by atoms with Crippen molar-refractivity contribution in [1.29, 1.82) is 0 Å². The van der Waals surface area contributed by atoms with Gasteiger partial charge >= 0.3 is 5.69 Å². The van der Waals surface area contributed by atoms with E-state index in [4.69, 9.17) is 0 Å². The lowest BCUT2D eigenvalue weighted by molar-refractivity contribution is 0.391. The summed E-state index contributed by atoms with van der Waals surface area (Å²) in [5.74, 6) is 0. The van der Waals surface area contributed by atoms with Crippen molar-refractivity contribution in [1.82, 2.24) is 18.5 Å². The first-order valence-corrected chi connectivity index (χ1v) is 11.6. The van der Waals surface area contributed by atoms with Gasteiger partial charge in [0.25, 0.3) is 0 Å². The number of sulfonamides is 1. The smallest absolute Gasteiger partial charge is 0.249 e. The molecule has 0 N–H and O–H groups in total. The Balaban J connectivity index is 1.56. The van der Waals surface area contributed by atoms with Gasteiger partial charge in [0.15, 0.2) is 5.65 Å². The zero-order chi connectivity index (χ0) is 21.6. The van der Waals surface area contributed by atoms with Gasteiger partial charge in [-0.2, -0.15) is 4.31 Å². The number of fused-ring (bicyclic) bond motifs is 2. The number of nitrogens with zero attached hydrogens (tertiary/aromatic N) is 4. The van der Waals surface area contributed by atoms with Crippen molar-refractivity contribution in [2.24, 2.45) is 0 Å². The molecule has 7 nitrogen and oxygen atoms in total. The average molecular weight is 435 g/mol. The molecule has 0 spiro atoms. The van der Waals surface area contributed by atoms with Crippen molar-refractivity contribution in [3.05, 3.63) is 99.6 Å². The van der Waals surface area contributed by atoms with Crippen LogP contribution in [-0.2, 0) is 29.5 Å². The van der Waals surface area contributed by atoms with Gasteiger partial charge in [-0.15, -0.1) is 5.10 Å². The molecule has 0 aliphatic carbocycles. The molecule has 2 aromatic heterocycles. The van der Waals surface area contributed by atoms with Gasteiger partial charge in [0.2, 0.25) is 10.0 Å². The molecule has 2 aromatic carbocycles. The first-order valence-electron chi connectivity index (χ1n) is 10.1. The Hall–Kier alpha value is -3.23. The Labute approximate surface area is 180 Å². The van der Waals surface area contributed by atoms with E-state index in [1.807, 2.05) is 55.5 Å². The van der Waals surface area contributed by atoms with E-state index in [9.17, 15) is 13.2 Å². The van der Waals surface area contributed by atoms with Crippen LogP contribution in [0.3, 0.4) is 0 Å². The van der Waals surface area contributed by atoms with Crippen molar-refractivity contribution < 1.29 is 8.42 Å². The molecule has 1 aliphatic rings. The summed E-state index contributed by atoms with van der Waals surface area (Å²) in [6.07, 6.45) is 2.22.